The molecule has 7 nitrogen and oxygen atoms in total. The molecule has 0 bridgehead atoms. The van der Waals surface area contributed by atoms with Gasteiger partial charge < -0.3 is 5.32 Å². The second-order valence-corrected chi connectivity index (χ2v) is 6.10. The third-order valence-corrected chi connectivity index (χ3v) is 3.92. The molecule has 0 saturated carbocycles. The molecule has 0 radical (unpaired) electrons. The van der Waals surface area contributed by atoms with Gasteiger partial charge in [-0.3, -0.25) is 10.1 Å². The summed E-state index contributed by atoms with van der Waals surface area (Å²) in [5.74, 6) is -0.391. The number of hydrogen-bond donors (Lipinski definition) is 2. The molecule has 0 aliphatic heterocycles. The lowest BCUT2D eigenvalue weighted by atomic mass is 10.2. The van der Waals surface area contributed by atoms with E-state index in [9.17, 15) is 18.5 Å². The molecule has 0 aliphatic carbocycles. The molecule has 0 aromatic heterocycles. The summed E-state index contributed by atoms with van der Waals surface area (Å²) in [7, 11) is -3.57. The van der Waals surface area contributed by atoms with Gasteiger partial charge >= 0.3 is 0 Å². The van der Waals surface area contributed by atoms with Gasteiger partial charge in [0.15, 0.2) is 0 Å². The minimum atomic E-state index is -3.57. The number of hydrogen-bond acceptors (Lipinski definition) is 5. The Morgan fingerprint density at radius 2 is 1.90 bits per heavy atom. The van der Waals surface area contributed by atoms with Crippen LogP contribution in [-0.2, 0) is 15.8 Å². The van der Waals surface area contributed by atoms with E-state index in [1.165, 1.54) is 18.2 Å². The Morgan fingerprint density at radius 3 is 2.55 bits per heavy atom. The third kappa shape index (κ3) is 5.64. The Labute approximate surface area is 118 Å². The van der Waals surface area contributed by atoms with Crippen LogP contribution in [0.25, 0.3) is 0 Å². The van der Waals surface area contributed by atoms with Crippen LogP contribution in [0, 0.1) is 10.1 Å². The summed E-state index contributed by atoms with van der Waals surface area (Å²) >= 11 is 0. The molecule has 0 saturated heterocycles. The molecular formula is C12H19N3O4S. The highest BCUT2D eigenvalue weighted by molar-refractivity contribution is 7.88. The topological polar surface area (TPSA) is 101 Å². The maximum atomic E-state index is 11.8. The Hall–Kier alpha value is -1.51. The summed E-state index contributed by atoms with van der Waals surface area (Å²) in [6.07, 6.45) is 0.975. The van der Waals surface area contributed by atoms with Crippen molar-refractivity contribution in [3.05, 3.63) is 39.9 Å². The first-order valence-electron chi connectivity index (χ1n) is 6.36. The van der Waals surface area contributed by atoms with E-state index in [0.717, 1.165) is 13.0 Å². The van der Waals surface area contributed by atoms with Gasteiger partial charge in [-0.1, -0.05) is 25.1 Å². The SMILES string of the molecule is CCCNCCNS(=O)(=O)Cc1ccccc1[N+](=O)[O-]. The number of rotatable bonds is 9. The number of nitrogens with zero attached hydrogens (tertiary/aromatic N) is 1. The minimum Gasteiger partial charge on any atom is -0.315 e. The summed E-state index contributed by atoms with van der Waals surface area (Å²) in [5, 5.41) is 13.9. The molecule has 0 heterocycles. The van der Waals surface area contributed by atoms with E-state index in [-0.39, 0.29) is 17.8 Å². The largest absolute Gasteiger partial charge is 0.315 e. The van der Waals surface area contributed by atoms with Gasteiger partial charge in [-0.15, -0.1) is 0 Å². The van der Waals surface area contributed by atoms with Crippen molar-refractivity contribution in [2.24, 2.45) is 0 Å². The summed E-state index contributed by atoms with van der Waals surface area (Å²) in [4.78, 5) is 10.2. The predicted molar refractivity (Wildman–Crippen MR) is 76.9 cm³/mol. The van der Waals surface area contributed by atoms with Crippen LogP contribution in [0.4, 0.5) is 5.69 Å². The van der Waals surface area contributed by atoms with Crippen LogP contribution in [-0.4, -0.2) is 33.0 Å². The maximum absolute atomic E-state index is 11.8. The molecule has 1 rings (SSSR count). The van der Waals surface area contributed by atoms with Crippen molar-refractivity contribution in [1.29, 1.82) is 0 Å². The van der Waals surface area contributed by atoms with Gasteiger partial charge in [0.05, 0.1) is 10.7 Å². The zero-order valence-electron chi connectivity index (χ0n) is 11.3. The van der Waals surface area contributed by atoms with Crippen LogP contribution >= 0.6 is 0 Å². The predicted octanol–water partition coefficient (Wildman–Crippen LogP) is 1.01. The zero-order chi connectivity index (χ0) is 15.0. The Kier molecular flexibility index (Phi) is 6.56. The van der Waals surface area contributed by atoms with E-state index in [1.807, 2.05) is 6.92 Å². The van der Waals surface area contributed by atoms with Gasteiger partial charge in [-0.2, -0.15) is 0 Å². The molecule has 8 heteroatoms. The average Bonchev–Trinajstić information content (AvgIpc) is 2.38. The number of sulfonamides is 1. The van der Waals surface area contributed by atoms with E-state index < -0.39 is 20.7 Å². The van der Waals surface area contributed by atoms with Crippen molar-refractivity contribution in [3.63, 3.8) is 0 Å². The van der Waals surface area contributed by atoms with Crippen LogP contribution < -0.4 is 10.0 Å². The number of nitro benzene ring substituents is 1. The molecule has 1 aromatic rings. The van der Waals surface area contributed by atoms with E-state index in [1.54, 1.807) is 6.07 Å². The molecule has 2 N–H and O–H groups in total. The molecule has 0 aliphatic rings. The van der Waals surface area contributed by atoms with E-state index in [2.05, 4.69) is 10.0 Å². The van der Waals surface area contributed by atoms with Crippen LogP contribution in [0.5, 0.6) is 0 Å². The van der Waals surface area contributed by atoms with Gasteiger partial charge in [0.2, 0.25) is 10.0 Å². The Bertz CT molecular complexity index is 545. The van der Waals surface area contributed by atoms with E-state index in [4.69, 9.17) is 0 Å². The summed E-state index contributed by atoms with van der Waals surface area (Å²) in [6, 6.07) is 5.84. The minimum absolute atomic E-state index is 0.179. The maximum Gasteiger partial charge on any atom is 0.273 e. The van der Waals surface area contributed by atoms with Crippen LogP contribution in [0.2, 0.25) is 0 Å². The molecular weight excluding hydrogens is 282 g/mol. The summed E-state index contributed by atoms with van der Waals surface area (Å²) < 4.78 is 26.1. The standard InChI is InChI=1S/C12H19N3O4S/c1-2-7-13-8-9-14-20(18,19)10-11-5-3-4-6-12(11)15(16)17/h3-6,13-14H,2,7-10H2,1H3. The molecule has 0 fully saturated rings. The smallest absolute Gasteiger partial charge is 0.273 e. The summed E-state index contributed by atoms with van der Waals surface area (Å²) in [5.41, 5.74) is 0.00787. The first kappa shape index (κ1) is 16.5. The molecule has 0 atom stereocenters. The van der Waals surface area contributed by atoms with E-state index in [0.29, 0.717) is 6.54 Å². The Balaban J connectivity index is 2.60. The first-order chi connectivity index (χ1) is 9.46. The highest BCUT2D eigenvalue weighted by atomic mass is 32.2. The lowest BCUT2D eigenvalue weighted by Gasteiger charge is -2.07. The number of benzene rings is 1. The van der Waals surface area contributed by atoms with Gasteiger partial charge in [0.1, 0.15) is 0 Å². The fourth-order valence-electron chi connectivity index (χ4n) is 1.66. The second kappa shape index (κ2) is 7.93. The molecule has 112 valence electrons. The molecule has 0 spiro atoms. The van der Waals surface area contributed by atoms with Crippen molar-refractivity contribution < 1.29 is 13.3 Å². The van der Waals surface area contributed by atoms with Gasteiger partial charge in [-0.25, -0.2) is 13.1 Å². The van der Waals surface area contributed by atoms with Crippen molar-refractivity contribution in [3.8, 4) is 0 Å². The van der Waals surface area contributed by atoms with Crippen LogP contribution in [0.15, 0.2) is 24.3 Å². The Morgan fingerprint density at radius 1 is 1.20 bits per heavy atom. The van der Waals surface area contributed by atoms with E-state index >= 15 is 0 Å². The lowest BCUT2D eigenvalue weighted by molar-refractivity contribution is -0.385. The third-order valence-electron chi connectivity index (χ3n) is 2.58. The second-order valence-electron chi connectivity index (χ2n) is 4.29. The average molecular weight is 301 g/mol. The monoisotopic (exact) mass is 301 g/mol. The number of para-hydroxylation sites is 1. The van der Waals surface area contributed by atoms with Crippen LogP contribution in [0.3, 0.4) is 0 Å². The van der Waals surface area contributed by atoms with Crippen LogP contribution in [0.1, 0.15) is 18.9 Å². The molecule has 0 amide bonds. The fourth-order valence-corrected chi connectivity index (χ4v) is 2.83. The highest BCUT2D eigenvalue weighted by Gasteiger charge is 2.19. The molecule has 0 unspecified atom stereocenters. The quantitative estimate of drug-likeness (QED) is 0.403. The molecule has 1 aromatic carbocycles. The normalized spacial score (nSPS) is 11.4. The molecule has 20 heavy (non-hydrogen) atoms. The fraction of sp³-hybridized carbons (Fsp3) is 0.500. The lowest BCUT2D eigenvalue weighted by Crippen LogP contribution is -2.33. The van der Waals surface area contributed by atoms with Gasteiger partial charge in [0.25, 0.3) is 5.69 Å². The van der Waals surface area contributed by atoms with Crippen molar-refractivity contribution in [2.45, 2.75) is 19.1 Å². The van der Waals surface area contributed by atoms with Crippen molar-refractivity contribution >= 4 is 15.7 Å². The number of nitrogens with one attached hydrogen (secondary N) is 2. The highest BCUT2D eigenvalue weighted by Crippen LogP contribution is 2.19. The van der Waals surface area contributed by atoms with Gasteiger partial charge in [0, 0.05) is 24.7 Å². The number of nitro groups is 1. The zero-order valence-corrected chi connectivity index (χ0v) is 12.1. The first-order valence-corrected chi connectivity index (χ1v) is 8.02. The van der Waals surface area contributed by atoms with Gasteiger partial charge in [-0.05, 0) is 13.0 Å². The van der Waals surface area contributed by atoms with Crippen molar-refractivity contribution in [1.82, 2.24) is 10.0 Å². The summed E-state index contributed by atoms with van der Waals surface area (Å²) in [6.45, 7) is 3.64. The van der Waals surface area contributed by atoms with Crippen molar-refractivity contribution in [2.75, 3.05) is 19.6 Å².